The molecule has 0 saturated heterocycles. The van der Waals surface area contributed by atoms with E-state index in [-0.39, 0.29) is 5.78 Å². The summed E-state index contributed by atoms with van der Waals surface area (Å²) in [4.78, 5) is 11.3. The molecular formula is C12H11IO. The Morgan fingerprint density at radius 1 is 1.21 bits per heavy atom. The van der Waals surface area contributed by atoms with Crippen LogP contribution < -0.4 is 0 Å². The Balaban J connectivity index is 2.26. The molecule has 0 N–H and O–H groups in total. The minimum atomic E-state index is 0.290. The summed E-state index contributed by atoms with van der Waals surface area (Å²) in [6.07, 6.45) is 3.73. The highest BCUT2D eigenvalue weighted by Gasteiger charge is 2.19. The second-order valence-corrected chi connectivity index (χ2v) is 4.66. The molecule has 1 atom stereocenters. The van der Waals surface area contributed by atoms with Crippen molar-refractivity contribution in [3.05, 3.63) is 45.6 Å². The number of rotatable bonds is 1. The molecule has 0 amide bonds. The van der Waals surface area contributed by atoms with Crippen molar-refractivity contribution in [3.63, 3.8) is 0 Å². The second kappa shape index (κ2) is 4.26. The lowest BCUT2D eigenvalue weighted by Crippen LogP contribution is -2.09. The van der Waals surface area contributed by atoms with Gasteiger partial charge in [-0.25, -0.2) is 0 Å². The predicted octanol–water partition coefficient (Wildman–Crippen LogP) is 3.45. The van der Waals surface area contributed by atoms with E-state index < -0.39 is 0 Å². The smallest absolute Gasteiger partial charge is 0.168 e. The monoisotopic (exact) mass is 298 g/mol. The van der Waals surface area contributed by atoms with Gasteiger partial charge in [-0.3, -0.25) is 4.79 Å². The zero-order valence-corrected chi connectivity index (χ0v) is 9.90. The molecule has 1 unspecified atom stereocenters. The van der Waals surface area contributed by atoms with Gasteiger partial charge in [0.2, 0.25) is 0 Å². The molecule has 0 spiro atoms. The van der Waals surface area contributed by atoms with Gasteiger partial charge in [0, 0.05) is 12.3 Å². The zero-order valence-electron chi connectivity index (χ0n) is 7.74. The number of carbonyl (C=O) groups excluding carboxylic acids is 1. The van der Waals surface area contributed by atoms with Crippen LogP contribution >= 0.6 is 22.6 Å². The molecule has 0 heterocycles. The number of ketones is 1. The average Bonchev–Trinajstić information content (AvgIpc) is 2.23. The van der Waals surface area contributed by atoms with Crippen LogP contribution in [0.5, 0.6) is 0 Å². The van der Waals surface area contributed by atoms with Crippen LogP contribution in [0.15, 0.2) is 40.0 Å². The Hall–Kier alpha value is -0.640. The highest BCUT2D eigenvalue weighted by atomic mass is 127. The average molecular weight is 298 g/mol. The van der Waals surface area contributed by atoms with Gasteiger partial charge >= 0.3 is 0 Å². The first-order valence-electron chi connectivity index (χ1n) is 4.73. The van der Waals surface area contributed by atoms with Crippen molar-refractivity contribution < 1.29 is 4.79 Å². The summed E-state index contributed by atoms with van der Waals surface area (Å²) < 4.78 is 0.891. The van der Waals surface area contributed by atoms with E-state index in [1.807, 2.05) is 18.2 Å². The number of hydrogen-bond acceptors (Lipinski definition) is 1. The molecule has 0 aliphatic heterocycles. The van der Waals surface area contributed by atoms with Gasteiger partial charge in [-0.1, -0.05) is 36.4 Å². The minimum absolute atomic E-state index is 0.290. The quantitative estimate of drug-likeness (QED) is 0.726. The van der Waals surface area contributed by atoms with E-state index in [2.05, 4.69) is 40.8 Å². The van der Waals surface area contributed by atoms with Crippen molar-refractivity contribution >= 4 is 28.4 Å². The van der Waals surface area contributed by atoms with E-state index in [0.29, 0.717) is 12.3 Å². The van der Waals surface area contributed by atoms with Gasteiger partial charge in [-0.15, -0.1) is 0 Å². The first-order valence-corrected chi connectivity index (χ1v) is 5.81. The molecule has 1 nitrogen and oxygen atoms in total. The Labute approximate surface area is 97.3 Å². The van der Waals surface area contributed by atoms with Crippen molar-refractivity contribution in [2.75, 3.05) is 0 Å². The van der Waals surface area contributed by atoms with Crippen LogP contribution in [0.1, 0.15) is 24.3 Å². The molecular weight excluding hydrogens is 287 g/mol. The lowest BCUT2D eigenvalue weighted by molar-refractivity contribution is -0.115. The molecule has 0 fully saturated rings. The van der Waals surface area contributed by atoms with Crippen LogP contribution in [0.2, 0.25) is 0 Å². The molecule has 1 aromatic carbocycles. The molecule has 72 valence electrons. The van der Waals surface area contributed by atoms with Crippen molar-refractivity contribution in [2.24, 2.45) is 0 Å². The maximum atomic E-state index is 11.3. The largest absolute Gasteiger partial charge is 0.294 e. The molecule has 1 aliphatic rings. The van der Waals surface area contributed by atoms with Gasteiger partial charge in [0.1, 0.15) is 0 Å². The Morgan fingerprint density at radius 2 is 1.93 bits per heavy atom. The van der Waals surface area contributed by atoms with E-state index >= 15 is 0 Å². The van der Waals surface area contributed by atoms with E-state index in [0.717, 1.165) is 10.0 Å². The maximum Gasteiger partial charge on any atom is 0.168 e. The third-order valence-corrected chi connectivity index (χ3v) is 3.49. The summed E-state index contributed by atoms with van der Waals surface area (Å²) in [5.41, 5.74) is 1.31. The van der Waals surface area contributed by atoms with Crippen molar-refractivity contribution in [1.82, 2.24) is 0 Å². The Kier molecular flexibility index (Phi) is 3.01. The topological polar surface area (TPSA) is 17.1 Å². The zero-order chi connectivity index (χ0) is 9.97. The third-order valence-electron chi connectivity index (χ3n) is 2.52. The Morgan fingerprint density at radius 3 is 2.57 bits per heavy atom. The molecule has 1 aliphatic carbocycles. The lowest BCUT2D eigenvalue weighted by Gasteiger charge is -2.17. The number of Topliss-reactive ketones (excluding diaryl/α,β-unsaturated/α-hetero) is 1. The van der Waals surface area contributed by atoms with Gasteiger partial charge in [0.25, 0.3) is 0 Å². The molecule has 0 saturated carbocycles. The van der Waals surface area contributed by atoms with Gasteiger partial charge in [-0.05, 0) is 34.6 Å². The SMILES string of the molecule is O=C1CCC(c2ccccc2)C=C1I. The molecule has 0 bridgehead atoms. The number of carbonyl (C=O) groups is 1. The summed E-state index contributed by atoms with van der Waals surface area (Å²) in [5, 5.41) is 0. The summed E-state index contributed by atoms with van der Waals surface area (Å²) >= 11 is 2.14. The van der Waals surface area contributed by atoms with Crippen LogP contribution in [0.25, 0.3) is 0 Å². The van der Waals surface area contributed by atoms with Gasteiger partial charge in [0.15, 0.2) is 5.78 Å². The fourth-order valence-corrected chi connectivity index (χ4v) is 2.43. The van der Waals surface area contributed by atoms with E-state index in [1.54, 1.807) is 0 Å². The molecule has 2 rings (SSSR count). The first kappa shape index (κ1) is 9.90. The Bertz CT molecular complexity index is 367. The van der Waals surface area contributed by atoms with Crippen molar-refractivity contribution in [1.29, 1.82) is 0 Å². The number of allylic oxidation sites excluding steroid dienone is 2. The number of benzene rings is 1. The van der Waals surface area contributed by atoms with Crippen LogP contribution in [0.3, 0.4) is 0 Å². The second-order valence-electron chi connectivity index (χ2n) is 3.49. The fourth-order valence-electron chi connectivity index (χ4n) is 1.72. The van der Waals surface area contributed by atoms with Crippen LogP contribution in [-0.2, 0) is 4.79 Å². The summed E-state index contributed by atoms with van der Waals surface area (Å²) in [7, 11) is 0. The minimum Gasteiger partial charge on any atom is -0.294 e. The normalized spacial score (nSPS) is 21.9. The standard InChI is InChI=1S/C12H11IO/c13-11-8-10(6-7-12(11)14)9-4-2-1-3-5-9/h1-5,8,10H,6-7H2. The van der Waals surface area contributed by atoms with Gasteiger partial charge < -0.3 is 0 Å². The van der Waals surface area contributed by atoms with Crippen molar-refractivity contribution in [3.8, 4) is 0 Å². The van der Waals surface area contributed by atoms with E-state index in [9.17, 15) is 4.79 Å². The molecule has 14 heavy (non-hydrogen) atoms. The number of halogens is 1. The van der Waals surface area contributed by atoms with Crippen LogP contribution in [0, 0.1) is 0 Å². The highest BCUT2D eigenvalue weighted by Crippen LogP contribution is 2.31. The van der Waals surface area contributed by atoms with Crippen LogP contribution in [0.4, 0.5) is 0 Å². The fraction of sp³-hybridized carbons (Fsp3) is 0.250. The van der Waals surface area contributed by atoms with E-state index in [1.165, 1.54) is 5.56 Å². The van der Waals surface area contributed by atoms with Gasteiger partial charge in [0.05, 0.1) is 3.58 Å². The summed E-state index contributed by atoms with van der Waals surface area (Å²) in [6.45, 7) is 0. The summed E-state index contributed by atoms with van der Waals surface area (Å²) in [5.74, 6) is 0.721. The molecule has 1 aromatic rings. The van der Waals surface area contributed by atoms with Crippen molar-refractivity contribution in [2.45, 2.75) is 18.8 Å². The lowest BCUT2D eigenvalue weighted by atomic mass is 9.89. The van der Waals surface area contributed by atoms with E-state index in [4.69, 9.17) is 0 Å². The maximum absolute atomic E-state index is 11.3. The van der Waals surface area contributed by atoms with Gasteiger partial charge in [-0.2, -0.15) is 0 Å². The molecule has 2 heteroatoms. The number of hydrogen-bond donors (Lipinski definition) is 0. The highest BCUT2D eigenvalue weighted by molar-refractivity contribution is 14.1. The first-order chi connectivity index (χ1) is 6.77. The predicted molar refractivity (Wildman–Crippen MR) is 65.5 cm³/mol. The van der Waals surface area contributed by atoms with Crippen LogP contribution in [-0.4, -0.2) is 5.78 Å². The molecule has 0 aromatic heterocycles. The third kappa shape index (κ3) is 2.05. The summed E-state index contributed by atoms with van der Waals surface area (Å²) in [6, 6.07) is 10.4. The molecule has 0 radical (unpaired) electrons.